The van der Waals surface area contributed by atoms with Crippen molar-refractivity contribution in [1.82, 2.24) is 4.98 Å². The monoisotopic (exact) mass is 358 g/mol. The van der Waals surface area contributed by atoms with Gasteiger partial charge in [0, 0.05) is 33.0 Å². The van der Waals surface area contributed by atoms with Crippen molar-refractivity contribution in [2.24, 2.45) is 0 Å². The van der Waals surface area contributed by atoms with Gasteiger partial charge in [-0.15, -0.1) is 23.1 Å². The van der Waals surface area contributed by atoms with Gasteiger partial charge in [0.15, 0.2) is 0 Å². The van der Waals surface area contributed by atoms with Crippen LogP contribution < -0.4 is 4.90 Å². The molecule has 0 saturated heterocycles. The maximum absolute atomic E-state index is 13.0. The maximum atomic E-state index is 13.0. The summed E-state index contributed by atoms with van der Waals surface area (Å²) in [5.74, 6) is -0.0117. The molecule has 0 bridgehead atoms. The summed E-state index contributed by atoms with van der Waals surface area (Å²) >= 11 is 4.99. The van der Waals surface area contributed by atoms with Crippen molar-refractivity contribution < 1.29 is 4.79 Å². The number of carbonyl (C=O) groups is 1. The lowest BCUT2D eigenvalue weighted by Crippen LogP contribution is -2.38. The highest BCUT2D eigenvalue weighted by atomic mass is 32.2. The van der Waals surface area contributed by atoms with Crippen LogP contribution in [0.3, 0.4) is 0 Å². The zero-order valence-corrected chi connectivity index (χ0v) is 14.9. The predicted octanol–water partition coefficient (Wildman–Crippen LogP) is 5.01. The molecule has 1 aromatic carbocycles. The number of para-hydroxylation sites is 1. The van der Waals surface area contributed by atoms with Crippen LogP contribution in [0.15, 0.2) is 51.4 Å². The van der Waals surface area contributed by atoms with Gasteiger partial charge < -0.3 is 4.90 Å². The Morgan fingerprint density at radius 2 is 2.13 bits per heavy atom. The highest BCUT2D eigenvalue weighted by Crippen LogP contribution is 2.39. The van der Waals surface area contributed by atoms with Gasteiger partial charge in [-0.05, 0) is 23.6 Å². The Balaban J connectivity index is 1.67. The quantitative estimate of drug-likeness (QED) is 0.645. The molecule has 1 aliphatic heterocycles. The molecule has 23 heavy (non-hydrogen) atoms. The topological polar surface area (TPSA) is 33.2 Å². The normalized spacial score (nSPS) is 17.1. The molecular formula is C17H14N2OS3. The number of nitrogens with zero attached hydrogens (tertiary/aromatic N) is 2. The van der Waals surface area contributed by atoms with E-state index in [1.54, 1.807) is 11.3 Å². The van der Waals surface area contributed by atoms with Crippen LogP contribution in [-0.4, -0.2) is 22.7 Å². The minimum absolute atomic E-state index is 0.0117. The third-order valence-electron chi connectivity index (χ3n) is 3.66. The molecule has 1 amide bonds. The Morgan fingerprint density at radius 1 is 1.26 bits per heavy atom. The van der Waals surface area contributed by atoms with E-state index in [2.05, 4.69) is 23.4 Å². The van der Waals surface area contributed by atoms with Gasteiger partial charge in [-0.25, -0.2) is 4.98 Å². The average molecular weight is 359 g/mol. The van der Waals surface area contributed by atoms with Crippen LogP contribution in [0.4, 0.5) is 5.69 Å². The van der Waals surface area contributed by atoms with E-state index >= 15 is 0 Å². The molecule has 0 radical (unpaired) electrons. The van der Waals surface area contributed by atoms with Crippen molar-refractivity contribution in [1.29, 1.82) is 0 Å². The Morgan fingerprint density at radius 3 is 2.96 bits per heavy atom. The summed E-state index contributed by atoms with van der Waals surface area (Å²) in [6.07, 6.45) is 0. The minimum atomic E-state index is -0.0117. The number of carbonyl (C=O) groups excluding carboxylic acids is 1. The first-order valence-electron chi connectivity index (χ1n) is 7.28. The molecule has 1 atom stereocenters. The molecule has 0 saturated carbocycles. The van der Waals surface area contributed by atoms with Crippen LogP contribution in [0.25, 0.3) is 10.6 Å². The van der Waals surface area contributed by atoms with E-state index in [-0.39, 0.29) is 5.91 Å². The van der Waals surface area contributed by atoms with Crippen LogP contribution in [0.1, 0.15) is 17.4 Å². The first-order valence-corrected chi connectivity index (χ1v) is 9.98. The van der Waals surface area contributed by atoms with Gasteiger partial charge in [0.25, 0.3) is 5.91 Å². The Bertz CT molecular complexity index is 841. The lowest BCUT2D eigenvalue weighted by Gasteiger charge is -2.32. The summed E-state index contributed by atoms with van der Waals surface area (Å²) in [6.45, 7) is 2.87. The molecule has 0 N–H and O–H groups in total. The van der Waals surface area contributed by atoms with Gasteiger partial charge in [-0.3, -0.25) is 4.79 Å². The first kappa shape index (κ1) is 14.9. The molecule has 0 spiro atoms. The third kappa shape index (κ3) is 2.82. The molecule has 0 aliphatic carbocycles. The standard InChI is InChI=1S/C17H14N2OS3/c1-11-8-19(14-4-2-3-5-15(14)23-11)17(20)13-10-22-16(18-13)12-6-7-21-9-12/h2-7,9-11H,8H2,1H3. The number of anilines is 1. The number of hydrogen-bond donors (Lipinski definition) is 0. The summed E-state index contributed by atoms with van der Waals surface area (Å²) in [4.78, 5) is 20.5. The molecular weight excluding hydrogens is 344 g/mol. The van der Waals surface area contributed by atoms with Gasteiger partial charge in [0.2, 0.25) is 0 Å². The fraction of sp³-hybridized carbons (Fsp3) is 0.176. The fourth-order valence-corrected chi connectivity index (χ4v) is 5.23. The molecule has 6 heteroatoms. The molecule has 1 aliphatic rings. The molecule has 4 rings (SSSR count). The Labute approximate surface area is 147 Å². The number of aromatic nitrogens is 1. The number of thiazole rings is 1. The summed E-state index contributed by atoms with van der Waals surface area (Å²) in [7, 11) is 0. The number of rotatable bonds is 2. The summed E-state index contributed by atoms with van der Waals surface area (Å²) in [5, 5.41) is 7.23. The van der Waals surface area contributed by atoms with Gasteiger partial charge in [0.05, 0.1) is 5.69 Å². The lowest BCUT2D eigenvalue weighted by atomic mass is 10.2. The third-order valence-corrected chi connectivity index (χ3v) is 6.39. The molecule has 116 valence electrons. The molecule has 2 aromatic heterocycles. The van der Waals surface area contributed by atoms with E-state index in [0.29, 0.717) is 17.5 Å². The average Bonchev–Trinajstić information content (AvgIpc) is 3.24. The van der Waals surface area contributed by atoms with Crippen LogP contribution in [-0.2, 0) is 0 Å². The van der Waals surface area contributed by atoms with Crippen molar-refractivity contribution in [2.75, 3.05) is 11.4 Å². The number of benzene rings is 1. The van der Waals surface area contributed by atoms with Crippen LogP contribution in [0, 0.1) is 0 Å². The molecule has 3 nitrogen and oxygen atoms in total. The first-order chi connectivity index (χ1) is 11.2. The SMILES string of the molecule is CC1CN(C(=O)c2csc(-c3ccsc3)n2)c2ccccc2S1. The Hall–Kier alpha value is -1.63. The fourth-order valence-electron chi connectivity index (χ4n) is 2.61. The van der Waals surface area contributed by atoms with Crippen LogP contribution in [0.2, 0.25) is 0 Å². The number of thiophene rings is 1. The van der Waals surface area contributed by atoms with E-state index in [1.165, 1.54) is 11.3 Å². The smallest absolute Gasteiger partial charge is 0.277 e. The zero-order chi connectivity index (χ0) is 15.8. The summed E-state index contributed by atoms with van der Waals surface area (Å²) < 4.78 is 0. The number of fused-ring (bicyclic) bond motifs is 1. The predicted molar refractivity (Wildman–Crippen MR) is 98.9 cm³/mol. The summed E-state index contributed by atoms with van der Waals surface area (Å²) in [5.41, 5.74) is 2.61. The van der Waals surface area contributed by atoms with E-state index < -0.39 is 0 Å². The second kappa shape index (κ2) is 6.11. The zero-order valence-electron chi connectivity index (χ0n) is 12.4. The van der Waals surface area contributed by atoms with Gasteiger partial charge in [0.1, 0.15) is 10.7 Å². The number of amides is 1. The highest BCUT2D eigenvalue weighted by molar-refractivity contribution is 8.00. The van der Waals surface area contributed by atoms with Crippen LogP contribution in [0.5, 0.6) is 0 Å². The van der Waals surface area contributed by atoms with E-state index in [4.69, 9.17) is 0 Å². The van der Waals surface area contributed by atoms with E-state index in [0.717, 1.165) is 21.2 Å². The number of hydrogen-bond acceptors (Lipinski definition) is 5. The molecule has 1 unspecified atom stereocenters. The van der Waals surface area contributed by atoms with Crippen molar-refractivity contribution >= 4 is 46.0 Å². The lowest BCUT2D eigenvalue weighted by molar-refractivity contribution is 0.0982. The molecule has 0 fully saturated rings. The maximum Gasteiger partial charge on any atom is 0.277 e. The largest absolute Gasteiger partial charge is 0.305 e. The second-order valence-corrected chi connectivity index (χ2v) is 8.48. The van der Waals surface area contributed by atoms with Crippen molar-refractivity contribution in [3.63, 3.8) is 0 Å². The summed E-state index contributed by atoms with van der Waals surface area (Å²) in [6, 6.07) is 10.1. The van der Waals surface area contributed by atoms with Gasteiger partial charge >= 0.3 is 0 Å². The van der Waals surface area contributed by atoms with Crippen LogP contribution >= 0.6 is 34.4 Å². The second-order valence-electron chi connectivity index (χ2n) is 5.36. The molecule has 3 aromatic rings. The van der Waals surface area contributed by atoms with Crippen molar-refractivity contribution in [2.45, 2.75) is 17.1 Å². The Kier molecular flexibility index (Phi) is 3.97. The van der Waals surface area contributed by atoms with E-state index in [1.807, 2.05) is 51.7 Å². The number of thioether (sulfide) groups is 1. The van der Waals surface area contributed by atoms with E-state index in [9.17, 15) is 4.79 Å². The minimum Gasteiger partial charge on any atom is -0.305 e. The van der Waals surface area contributed by atoms with Gasteiger partial charge in [-0.1, -0.05) is 19.1 Å². The highest BCUT2D eigenvalue weighted by Gasteiger charge is 2.28. The molecule has 3 heterocycles. The van der Waals surface area contributed by atoms with Crippen molar-refractivity contribution in [3.8, 4) is 10.6 Å². The van der Waals surface area contributed by atoms with Crippen molar-refractivity contribution in [3.05, 3.63) is 52.2 Å². The van der Waals surface area contributed by atoms with Gasteiger partial charge in [-0.2, -0.15) is 11.3 Å².